The van der Waals surface area contributed by atoms with Gasteiger partial charge in [-0.1, -0.05) is 24.3 Å². The van der Waals surface area contributed by atoms with Crippen molar-refractivity contribution in [1.82, 2.24) is 14.8 Å². The molecule has 1 aliphatic heterocycles. The van der Waals surface area contributed by atoms with Crippen LogP contribution in [-0.2, 0) is 4.79 Å². The minimum Gasteiger partial charge on any atom is -0.495 e. The smallest absolute Gasteiger partial charge is 0.255 e. The van der Waals surface area contributed by atoms with Crippen LogP contribution in [0.25, 0.3) is 0 Å². The molecule has 0 radical (unpaired) electrons. The third-order valence-electron chi connectivity index (χ3n) is 5.12. The second-order valence-electron chi connectivity index (χ2n) is 7.23. The number of anilines is 3. The van der Waals surface area contributed by atoms with Gasteiger partial charge in [0.1, 0.15) is 18.1 Å². The molecule has 8 nitrogen and oxygen atoms in total. The zero-order valence-corrected chi connectivity index (χ0v) is 17.4. The molecule has 4 rings (SSSR count). The van der Waals surface area contributed by atoms with Gasteiger partial charge >= 0.3 is 0 Å². The minimum atomic E-state index is -0.408. The lowest BCUT2D eigenvalue weighted by molar-refractivity contribution is -0.113. The summed E-state index contributed by atoms with van der Waals surface area (Å²) in [5, 5.41) is 10.5. The molecular weight excluding hydrogens is 380 g/mol. The van der Waals surface area contributed by atoms with E-state index in [9.17, 15) is 4.79 Å². The van der Waals surface area contributed by atoms with Crippen molar-refractivity contribution >= 4 is 23.2 Å². The molecule has 0 saturated carbocycles. The Morgan fingerprint density at radius 3 is 2.60 bits per heavy atom. The van der Waals surface area contributed by atoms with Crippen molar-refractivity contribution < 1.29 is 9.53 Å². The third-order valence-corrected chi connectivity index (χ3v) is 5.12. The number of ether oxygens (including phenoxy) is 1. The number of hydrogen-bond acceptors (Lipinski definition) is 6. The van der Waals surface area contributed by atoms with Crippen LogP contribution in [0.2, 0.25) is 0 Å². The topological polar surface area (TPSA) is 84.3 Å². The SMILES string of the molecule is COc1ccccc1NC(=O)C1=C(C)Nc2ncnn2[C@@H]1c1ccc(N(C)C)cc1. The lowest BCUT2D eigenvalue weighted by Gasteiger charge is -2.29. The molecule has 1 amide bonds. The number of carbonyl (C=O) groups excluding carboxylic acids is 1. The average Bonchev–Trinajstić information content (AvgIpc) is 3.21. The molecule has 0 fully saturated rings. The predicted octanol–water partition coefficient (Wildman–Crippen LogP) is 3.28. The zero-order chi connectivity index (χ0) is 21.3. The average molecular weight is 404 g/mol. The fourth-order valence-corrected chi connectivity index (χ4v) is 3.59. The summed E-state index contributed by atoms with van der Waals surface area (Å²) in [6.07, 6.45) is 1.48. The van der Waals surface area contributed by atoms with E-state index in [1.54, 1.807) is 11.8 Å². The second-order valence-corrected chi connectivity index (χ2v) is 7.23. The van der Waals surface area contributed by atoms with Crippen LogP contribution in [0.1, 0.15) is 18.5 Å². The molecule has 0 aliphatic carbocycles. The lowest BCUT2D eigenvalue weighted by atomic mass is 9.94. The molecule has 8 heteroatoms. The number of benzene rings is 2. The quantitative estimate of drug-likeness (QED) is 0.679. The number of nitrogens with one attached hydrogen (secondary N) is 2. The van der Waals surface area contributed by atoms with E-state index in [2.05, 4.69) is 20.7 Å². The van der Waals surface area contributed by atoms with Gasteiger partial charge in [0, 0.05) is 25.5 Å². The predicted molar refractivity (Wildman–Crippen MR) is 117 cm³/mol. The van der Waals surface area contributed by atoms with Gasteiger partial charge in [-0.3, -0.25) is 4.79 Å². The van der Waals surface area contributed by atoms with E-state index >= 15 is 0 Å². The molecule has 154 valence electrons. The van der Waals surface area contributed by atoms with E-state index in [0.29, 0.717) is 23.0 Å². The van der Waals surface area contributed by atoms with Crippen LogP contribution in [0.15, 0.2) is 66.1 Å². The van der Waals surface area contributed by atoms with Gasteiger partial charge in [-0.15, -0.1) is 0 Å². The van der Waals surface area contributed by atoms with Crippen LogP contribution in [0.4, 0.5) is 17.3 Å². The first-order chi connectivity index (χ1) is 14.5. The lowest BCUT2D eigenvalue weighted by Crippen LogP contribution is -2.31. The number of para-hydroxylation sites is 2. The molecule has 3 aromatic rings. The van der Waals surface area contributed by atoms with Gasteiger partial charge < -0.3 is 20.3 Å². The van der Waals surface area contributed by atoms with Gasteiger partial charge in [0.05, 0.1) is 18.4 Å². The Morgan fingerprint density at radius 1 is 1.17 bits per heavy atom. The number of methoxy groups -OCH3 is 1. The fraction of sp³-hybridized carbons (Fsp3) is 0.227. The van der Waals surface area contributed by atoms with Gasteiger partial charge in [0.15, 0.2) is 0 Å². The molecule has 0 spiro atoms. The number of amides is 1. The zero-order valence-electron chi connectivity index (χ0n) is 17.4. The van der Waals surface area contributed by atoms with Crippen molar-refractivity contribution in [2.45, 2.75) is 13.0 Å². The van der Waals surface area contributed by atoms with Crippen molar-refractivity contribution in [2.24, 2.45) is 0 Å². The minimum absolute atomic E-state index is 0.229. The summed E-state index contributed by atoms with van der Waals surface area (Å²) in [4.78, 5) is 19.7. The summed E-state index contributed by atoms with van der Waals surface area (Å²) < 4.78 is 7.10. The Morgan fingerprint density at radius 2 is 1.90 bits per heavy atom. The fourth-order valence-electron chi connectivity index (χ4n) is 3.59. The molecule has 1 atom stereocenters. The van der Waals surface area contributed by atoms with Crippen molar-refractivity contribution in [1.29, 1.82) is 0 Å². The summed E-state index contributed by atoms with van der Waals surface area (Å²) in [6.45, 7) is 1.87. The van der Waals surface area contributed by atoms with E-state index in [0.717, 1.165) is 16.9 Å². The molecule has 1 aromatic heterocycles. The van der Waals surface area contributed by atoms with Crippen LogP contribution >= 0.6 is 0 Å². The normalized spacial score (nSPS) is 15.3. The third kappa shape index (κ3) is 3.47. The Bertz CT molecular complexity index is 1100. The van der Waals surface area contributed by atoms with Crippen LogP contribution in [0.3, 0.4) is 0 Å². The number of rotatable bonds is 5. The molecule has 1 aliphatic rings. The first-order valence-corrected chi connectivity index (χ1v) is 9.58. The number of aromatic nitrogens is 3. The summed E-state index contributed by atoms with van der Waals surface area (Å²) in [6, 6.07) is 15.0. The Balaban J connectivity index is 1.75. The molecule has 0 unspecified atom stereocenters. The maximum absolute atomic E-state index is 13.4. The number of nitrogens with zero attached hydrogens (tertiary/aromatic N) is 4. The number of carbonyl (C=O) groups is 1. The van der Waals surface area contributed by atoms with Crippen LogP contribution in [-0.4, -0.2) is 41.9 Å². The summed E-state index contributed by atoms with van der Waals surface area (Å²) >= 11 is 0. The van der Waals surface area contributed by atoms with Crippen molar-refractivity contribution in [3.8, 4) is 5.75 Å². The van der Waals surface area contributed by atoms with Gasteiger partial charge in [-0.05, 0) is 36.8 Å². The first-order valence-electron chi connectivity index (χ1n) is 9.58. The Hall–Kier alpha value is -3.81. The standard InChI is InChI=1S/C22H24N6O2/c1-14-19(21(29)26-17-7-5-6-8-18(17)30-4)20(28-22(25-14)23-13-24-28)15-9-11-16(12-10-15)27(2)3/h5-13,20H,1-4H3,(H,26,29)(H,23,24,25)/t20-/m1/s1. The highest BCUT2D eigenvalue weighted by Gasteiger charge is 2.33. The molecule has 30 heavy (non-hydrogen) atoms. The summed E-state index contributed by atoms with van der Waals surface area (Å²) in [7, 11) is 5.56. The highest BCUT2D eigenvalue weighted by Crippen LogP contribution is 2.36. The van der Waals surface area contributed by atoms with E-state index in [4.69, 9.17) is 4.74 Å². The Kier molecular flexibility index (Phi) is 5.14. The highest BCUT2D eigenvalue weighted by atomic mass is 16.5. The van der Waals surface area contributed by atoms with E-state index in [1.807, 2.05) is 74.4 Å². The molecular formula is C22H24N6O2. The van der Waals surface area contributed by atoms with Crippen LogP contribution in [0, 0.1) is 0 Å². The highest BCUT2D eigenvalue weighted by molar-refractivity contribution is 6.06. The number of allylic oxidation sites excluding steroid dienone is 1. The van der Waals surface area contributed by atoms with E-state index in [-0.39, 0.29) is 5.91 Å². The second kappa shape index (κ2) is 7.90. The first kappa shape index (κ1) is 19.5. The maximum Gasteiger partial charge on any atom is 0.255 e. The Labute approximate surface area is 175 Å². The number of fused-ring (bicyclic) bond motifs is 1. The van der Waals surface area contributed by atoms with Gasteiger partial charge in [-0.2, -0.15) is 10.1 Å². The molecule has 2 heterocycles. The van der Waals surface area contributed by atoms with Gasteiger partial charge in [-0.25, -0.2) is 4.68 Å². The van der Waals surface area contributed by atoms with Crippen LogP contribution in [0.5, 0.6) is 5.75 Å². The number of hydrogen-bond donors (Lipinski definition) is 2. The monoisotopic (exact) mass is 404 g/mol. The largest absolute Gasteiger partial charge is 0.495 e. The van der Waals surface area contributed by atoms with E-state index < -0.39 is 6.04 Å². The van der Waals surface area contributed by atoms with Gasteiger partial charge in [0.25, 0.3) is 5.91 Å². The van der Waals surface area contributed by atoms with Crippen molar-refractivity contribution in [2.75, 3.05) is 36.7 Å². The molecule has 2 aromatic carbocycles. The molecule has 0 saturated heterocycles. The maximum atomic E-state index is 13.4. The van der Waals surface area contributed by atoms with Crippen molar-refractivity contribution in [3.05, 3.63) is 71.7 Å². The van der Waals surface area contributed by atoms with Gasteiger partial charge in [0.2, 0.25) is 5.95 Å². The molecule has 0 bridgehead atoms. The van der Waals surface area contributed by atoms with Crippen molar-refractivity contribution in [3.63, 3.8) is 0 Å². The van der Waals surface area contributed by atoms with E-state index in [1.165, 1.54) is 6.33 Å². The summed E-state index contributed by atoms with van der Waals surface area (Å²) in [5.41, 5.74) is 3.92. The summed E-state index contributed by atoms with van der Waals surface area (Å²) in [5.74, 6) is 0.969. The molecule has 2 N–H and O–H groups in total. The van der Waals surface area contributed by atoms with Crippen LogP contribution < -0.4 is 20.3 Å².